The van der Waals surface area contributed by atoms with E-state index in [4.69, 9.17) is 9.47 Å². The van der Waals surface area contributed by atoms with Gasteiger partial charge >= 0.3 is 0 Å². The number of nitrogens with one attached hydrogen (secondary N) is 1. The van der Waals surface area contributed by atoms with Gasteiger partial charge in [0.05, 0.1) is 18.8 Å². The van der Waals surface area contributed by atoms with Gasteiger partial charge in [0.15, 0.2) is 0 Å². The zero-order valence-corrected chi connectivity index (χ0v) is 13.0. The summed E-state index contributed by atoms with van der Waals surface area (Å²) in [6.07, 6.45) is 0.857. The molecule has 5 nitrogen and oxygen atoms in total. The van der Waals surface area contributed by atoms with Crippen LogP contribution in [0.15, 0.2) is 24.3 Å². The number of rotatable bonds is 6. The Morgan fingerprint density at radius 1 is 1.43 bits per heavy atom. The van der Waals surface area contributed by atoms with Crippen LogP contribution in [0.4, 0.5) is 0 Å². The van der Waals surface area contributed by atoms with E-state index in [0.717, 1.165) is 24.3 Å². The van der Waals surface area contributed by atoms with E-state index >= 15 is 0 Å². The first-order valence-corrected chi connectivity index (χ1v) is 7.37. The Morgan fingerprint density at radius 2 is 2.19 bits per heavy atom. The molecule has 1 aliphatic rings. The molecule has 0 aliphatic carbocycles. The average Bonchev–Trinajstić information content (AvgIpc) is 2.97. The molecule has 1 fully saturated rings. The van der Waals surface area contributed by atoms with Crippen LogP contribution in [0.2, 0.25) is 0 Å². The number of para-hydroxylation sites is 1. The van der Waals surface area contributed by atoms with Gasteiger partial charge < -0.3 is 19.7 Å². The van der Waals surface area contributed by atoms with Crippen LogP contribution in [0, 0.1) is 0 Å². The van der Waals surface area contributed by atoms with Crippen molar-refractivity contribution in [3.63, 3.8) is 0 Å². The smallest absolute Gasteiger partial charge is 0.239 e. The van der Waals surface area contributed by atoms with Crippen molar-refractivity contribution in [3.8, 4) is 5.75 Å². The maximum Gasteiger partial charge on any atom is 0.239 e. The lowest BCUT2D eigenvalue weighted by molar-refractivity contribution is -0.132. The predicted molar refractivity (Wildman–Crippen MR) is 81.3 cm³/mol. The number of nitrogens with zero attached hydrogens (tertiary/aromatic N) is 1. The van der Waals surface area contributed by atoms with Crippen LogP contribution in [-0.4, -0.2) is 50.3 Å². The van der Waals surface area contributed by atoms with Gasteiger partial charge in [-0.25, -0.2) is 0 Å². The lowest BCUT2D eigenvalue weighted by Gasteiger charge is -2.22. The summed E-state index contributed by atoms with van der Waals surface area (Å²) in [5, 5.41) is 3.22. The van der Waals surface area contributed by atoms with E-state index in [1.54, 1.807) is 12.0 Å². The molecule has 1 saturated heterocycles. The number of benzene rings is 1. The van der Waals surface area contributed by atoms with Crippen LogP contribution in [-0.2, 0) is 16.1 Å². The van der Waals surface area contributed by atoms with Crippen molar-refractivity contribution < 1.29 is 14.3 Å². The quantitative estimate of drug-likeness (QED) is 0.861. The van der Waals surface area contributed by atoms with Gasteiger partial charge in [-0.2, -0.15) is 0 Å². The highest BCUT2D eigenvalue weighted by atomic mass is 16.5. The largest absolute Gasteiger partial charge is 0.494 e. The van der Waals surface area contributed by atoms with Crippen LogP contribution in [0.5, 0.6) is 5.75 Å². The zero-order valence-electron chi connectivity index (χ0n) is 13.0. The van der Waals surface area contributed by atoms with Gasteiger partial charge in [-0.05, 0) is 19.4 Å². The van der Waals surface area contributed by atoms with Gasteiger partial charge in [0.1, 0.15) is 5.75 Å². The fourth-order valence-electron chi connectivity index (χ4n) is 2.60. The number of hydrogen-bond donors (Lipinski definition) is 1. The Balaban J connectivity index is 1.98. The first-order chi connectivity index (χ1) is 10.2. The standard InChI is InChI=1S/C16H24N2O3/c1-4-21-15-8-6-5-7-12(15)11-18(2)16(19)14-9-13(20-3)10-17-14/h5-8,13-14,17H,4,9-11H2,1-3H3. The molecule has 5 heteroatoms. The SMILES string of the molecule is CCOc1ccccc1CN(C)C(=O)C1CC(OC)CN1. The molecule has 1 aliphatic heterocycles. The number of hydrogen-bond acceptors (Lipinski definition) is 4. The second-order valence-electron chi connectivity index (χ2n) is 5.29. The Kier molecular flexibility index (Phi) is 5.59. The van der Waals surface area contributed by atoms with Crippen molar-refractivity contribution in [2.24, 2.45) is 0 Å². The van der Waals surface area contributed by atoms with Crippen molar-refractivity contribution in [2.45, 2.75) is 32.0 Å². The van der Waals surface area contributed by atoms with E-state index in [0.29, 0.717) is 13.2 Å². The number of ether oxygens (including phenoxy) is 2. The molecular formula is C16H24N2O3. The molecule has 1 aromatic rings. The minimum atomic E-state index is -0.154. The van der Waals surface area contributed by atoms with Crippen LogP contribution in [0.3, 0.4) is 0 Å². The molecule has 1 heterocycles. The molecule has 2 atom stereocenters. The third-order valence-electron chi connectivity index (χ3n) is 3.78. The van der Waals surface area contributed by atoms with Crippen molar-refractivity contribution in [2.75, 3.05) is 27.3 Å². The van der Waals surface area contributed by atoms with Gasteiger partial charge in [-0.15, -0.1) is 0 Å². The monoisotopic (exact) mass is 292 g/mol. The fraction of sp³-hybridized carbons (Fsp3) is 0.562. The van der Waals surface area contributed by atoms with Crippen LogP contribution in [0.1, 0.15) is 18.9 Å². The summed E-state index contributed by atoms with van der Waals surface area (Å²) in [7, 11) is 3.51. The topological polar surface area (TPSA) is 50.8 Å². The lowest BCUT2D eigenvalue weighted by Crippen LogP contribution is -2.41. The number of carbonyl (C=O) groups is 1. The van der Waals surface area contributed by atoms with Gasteiger partial charge in [0.2, 0.25) is 5.91 Å². The molecule has 2 unspecified atom stereocenters. The van der Waals surface area contributed by atoms with E-state index in [1.807, 2.05) is 38.2 Å². The van der Waals surface area contributed by atoms with E-state index in [9.17, 15) is 4.79 Å². The molecule has 0 aromatic heterocycles. The lowest BCUT2D eigenvalue weighted by atomic mass is 10.1. The molecule has 0 saturated carbocycles. The molecule has 116 valence electrons. The summed E-state index contributed by atoms with van der Waals surface area (Å²) in [6.45, 7) is 3.86. The van der Waals surface area contributed by atoms with E-state index in [1.165, 1.54) is 0 Å². The second kappa shape index (κ2) is 7.43. The summed E-state index contributed by atoms with van der Waals surface area (Å²) < 4.78 is 10.9. The summed E-state index contributed by atoms with van der Waals surface area (Å²) in [5.74, 6) is 0.939. The molecule has 1 aromatic carbocycles. The van der Waals surface area contributed by atoms with Crippen LogP contribution < -0.4 is 10.1 Å². The molecule has 2 rings (SSSR count). The van der Waals surface area contributed by atoms with Gasteiger partial charge in [0.25, 0.3) is 0 Å². The van der Waals surface area contributed by atoms with Crippen LogP contribution in [0.25, 0.3) is 0 Å². The average molecular weight is 292 g/mol. The zero-order chi connectivity index (χ0) is 15.2. The first-order valence-electron chi connectivity index (χ1n) is 7.37. The minimum Gasteiger partial charge on any atom is -0.494 e. The Bertz CT molecular complexity index is 478. The third kappa shape index (κ3) is 3.95. The summed E-state index contributed by atoms with van der Waals surface area (Å²) >= 11 is 0. The number of methoxy groups -OCH3 is 1. The van der Waals surface area contributed by atoms with Crippen molar-refractivity contribution in [1.82, 2.24) is 10.2 Å². The Hall–Kier alpha value is -1.59. The number of carbonyl (C=O) groups excluding carboxylic acids is 1. The number of likely N-dealkylation sites (N-methyl/N-ethyl adjacent to an activating group) is 1. The molecule has 0 bridgehead atoms. The molecule has 21 heavy (non-hydrogen) atoms. The normalized spacial score (nSPS) is 21.3. The Labute approximate surface area is 126 Å². The van der Waals surface area contributed by atoms with Crippen LogP contribution >= 0.6 is 0 Å². The molecule has 1 amide bonds. The van der Waals surface area contributed by atoms with E-state index in [-0.39, 0.29) is 18.1 Å². The van der Waals surface area contributed by atoms with E-state index in [2.05, 4.69) is 5.32 Å². The molecular weight excluding hydrogens is 268 g/mol. The van der Waals surface area contributed by atoms with Gasteiger partial charge in [-0.1, -0.05) is 18.2 Å². The molecule has 0 radical (unpaired) electrons. The number of amides is 1. The minimum absolute atomic E-state index is 0.0980. The van der Waals surface area contributed by atoms with Crippen molar-refractivity contribution in [3.05, 3.63) is 29.8 Å². The summed E-state index contributed by atoms with van der Waals surface area (Å²) in [5.41, 5.74) is 1.02. The van der Waals surface area contributed by atoms with E-state index < -0.39 is 0 Å². The predicted octanol–water partition coefficient (Wildman–Crippen LogP) is 1.42. The van der Waals surface area contributed by atoms with Gasteiger partial charge in [-0.3, -0.25) is 4.79 Å². The Morgan fingerprint density at radius 3 is 2.86 bits per heavy atom. The highest BCUT2D eigenvalue weighted by Crippen LogP contribution is 2.20. The second-order valence-corrected chi connectivity index (χ2v) is 5.29. The summed E-state index contributed by atoms with van der Waals surface area (Å²) in [6, 6.07) is 7.68. The highest BCUT2D eigenvalue weighted by molar-refractivity contribution is 5.82. The van der Waals surface area contributed by atoms with Gasteiger partial charge in [0, 0.05) is 32.8 Å². The first kappa shape index (κ1) is 15.8. The maximum atomic E-state index is 12.4. The van der Waals surface area contributed by atoms with Crippen molar-refractivity contribution in [1.29, 1.82) is 0 Å². The fourth-order valence-corrected chi connectivity index (χ4v) is 2.60. The van der Waals surface area contributed by atoms with Crippen molar-refractivity contribution >= 4 is 5.91 Å². The highest BCUT2D eigenvalue weighted by Gasteiger charge is 2.31. The maximum absolute atomic E-state index is 12.4. The third-order valence-corrected chi connectivity index (χ3v) is 3.78. The summed E-state index contributed by atoms with van der Waals surface area (Å²) in [4.78, 5) is 14.2. The molecule has 1 N–H and O–H groups in total. The molecule has 0 spiro atoms.